The van der Waals surface area contributed by atoms with Crippen molar-refractivity contribution < 1.29 is 28.5 Å². The molecule has 1 aromatic rings. The fourth-order valence-corrected chi connectivity index (χ4v) is 2.45. The van der Waals surface area contributed by atoms with E-state index in [1.807, 2.05) is 0 Å². The number of rotatable bonds is 5. The third kappa shape index (κ3) is 3.50. The molecule has 0 N–H and O–H groups in total. The average Bonchev–Trinajstić information content (AvgIpc) is 2.55. The number of esters is 1. The molecule has 1 aliphatic rings. The molecule has 0 aliphatic heterocycles. The van der Waals surface area contributed by atoms with Crippen LogP contribution in [-0.4, -0.2) is 39.2 Å². The highest BCUT2D eigenvalue weighted by Gasteiger charge is 2.24. The van der Waals surface area contributed by atoms with Crippen molar-refractivity contribution in [1.29, 1.82) is 0 Å². The fourth-order valence-electron chi connectivity index (χ4n) is 2.45. The maximum Gasteiger partial charge on any atom is 0.338 e. The molecule has 1 aliphatic carbocycles. The van der Waals surface area contributed by atoms with Crippen LogP contribution >= 0.6 is 0 Å². The van der Waals surface area contributed by atoms with Crippen LogP contribution in [0, 0.1) is 0 Å². The smallest absolute Gasteiger partial charge is 0.338 e. The SMILES string of the molecule is COc1cc(C(=O)OC2CCC(=O)CC2)cc(OC)c1OC. The highest BCUT2D eigenvalue weighted by atomic mass is 16.5. The molecule has 0 amide bonds. The lowest BCUT2D eigenvalue weighted by Crippen LogP contribution is -2.24. The number of hydrogen-bond donors (Lipinski definition) is 0. The second-order valence-corrected chi connectivity index (χ2v) is 5.06. The molecule has 0 bridgehead atoms. The van der Waals surface area contributed by atoms with Gasteiger partial charge in [-0.25, -0.2) is 4.79 Å². The van der Waals surface area contributed by atoms with Gasteiger partial charge < -0.3 is 18.9 Å². The number of ether oxygens (including phenoxy) is 4. The van der Waals surface area contributed by atoms with Crippen molar-refractivity contribution in [2.24, 2.45) is 0 Å². The quantitative estimate of drug-likeness (QED) is 0.778. The number of methoxy groups -OCH3 is 3. The molecule has 0 atom stereocenters. The summed E-state index contributed by atoms with van der Waals surface area (Å²) in [6, 6.07) is 3.11. The van der Waals surface area contributed by atoms with Gasteiger partial charge in [-0.1, -0.05) is 0 Å². The standard InChI is InChI=1S/C16H20O6/c1-19-13-8-10(9-14(20-2)15(13)21-3)16(18)22-12-6-4-11(17)5-7-12/h8-9,12H,4-7H2,1-3H3. The maximum absolute atomic E-state index is 12.3. The molecule has 0 saturated heterocycles. The van der Waals surface area contributed by atoms with E-state index in [4.69, 9.17) is 18.9 Å². The van der Waals surface area contributed by atoms with Crippen LogP contribution in [0.5, 0.6) is 17.2 Å². The lowest BCUT2D eigenvalue weighted by Gasteiger charge is -2.21. The molecule has 120 valence electrons. The monoisotopic (exact) mass is 308 g/mol. The predicted octanol–water partition coefficient (Wildman–Crippen LogP) is 2.38. The van der Waals surface area contributed by atoms with Crippen LogP contribution in [0.4, 0.5) is 0 Å². The molecule has 1 aromatic carbocycles. The molecule has 0 unspecified atom stereocenters. The van der Waals surface area contributed by atoms with Crippen LogP contribution in [0.1, 0.15) is 36.0 Å². The van der Waals surface area contributed by atoms with Crippen molar-refractivity contribution in [3.05, 3.63) is 17.7 Å². The summed E-state index contributed by atoms with van der Waals surface area (Å²) in [6.07, 6.45) is 1.87. The molecular formula is C16H20O6. The van der Waals surface area contributed by atoms with Crippen LogP contribution in [-0.2, 0) is 9.53 Å². The second-order valence-electron chi connectivity index (χ2n) is 5.06. The third-order valence-electron chi connectivity index (χ3n) is 3.66. The third-order valence-corrected chi connectivity index (χ3v) is 3.66. The fraction of sp³-hybridized carbons (Fsp3) is 0.500. The minimum absolute atomic E-state index is 0.218. The zero-order valence-corrected chi connectivity index (χ0v) is 13.0. The van der Waals surface area contributed by atoms with Crippen LogP contribution in [0.15, 0.2) is 12.1 Å². The summed E-state index contributed by atoms with van der Waals surface area (Å²) in [5, 5.41) is 0. The molecule has 0 spiro atoms. The van der Waals surface area contributed by atoms with Crippen LogP contribution in [0.2, 0.25) is 0 Å². The van der Waals surface area contributed by atoms with Crippen molar-refractivity contribution >= 4 is 11.8 Å². The lowest BCUT2D eigenvalue weighted by atomic mass is 9.96. The molecule has 6 heteroatoms. The summed E-state index contributed by atoms with van der Waals surface area (Å²) < 4.78 is 21.1. The van der Waals surface area contributed by atoms with Gasteiger partial charge in [0.05, 0.1) is 26.9 Å². The topological polar surface area (TPSA) is 71.1 Å². The average molecular weight is 308 g/mol. The second kappa shape index (κ2) is 7.15. The molecule has 1 fully saturated rings. The van der Waals surface area contributed by atoms with E-state index in [0.717, 1.165) is 0 Å². The van der Waals surface area contributed by atoms with Crippen LogP contribution < -0.4 is 14.2 Å². The van der Waals surface area contributed by atoms with Gasteiger partial charge in [0, 0.05) is 12.8 Å². The van der Waals surface area contributed by atoms with Crippen molar-refractivity contribution in [3.8, 4) is 17.2 Å². The van der Waals surface area contributed by atoms with E-state index >= 15 is 0 Å². The Morgan fingerprint density at radius 1 is 1.00 bits per heavy atom. The van der Waals surface area contributed by atoms with E-state index in [1.165, 1.54) is 21.3 Å². The molecule has 0 heterocycles. The number of Topliss-reactive ketones (excluding diaryl/α,β-unsaturated/α-hetero) is 1. The summed E-state index contributed by atoms with van der Waals surface area (Å²) in [5.41, 5.74) is 0.325. The van der Waals surface area contributed by atoms with Crippen molar-refractivity contribution in [1.82, 2.24) is 0 Å². The van der Waals surface area contributed by atoms with Crippen LogP contribution in [0.25, 0.3) is 0 Å². The Kier molecular flexibility index (Phi) is 5.25. The first kappa shape index (κ1) is 16.1. The summed E-state index contributed by atoms with van der Waals surface area (Å²) >= 11 is 0. The first-order valence-electron chi connectivity index (χ1n) is 7.11. The Labute approximate surface area is 129 Å². The highest BCUT2D eigenvalue weighted by molar-refractivity contribution is 5.91. The summed E-state index contributed by atoms with van der Waals surface area (Å²) in [7, 11) is 4.47. The Hall–Kier alpha value is -2.24. The van der Waals surface area contributed by atoms with E-state index in [9.17, 15) is 9.59 Å². The summed E-state index contributed by atoms with van der Waals surface area (Å²) in [6.45, 7) is 0. The minimum atomic E-state index is -0.460. The maximum atomic E-state index is 12.3. The highest BCUT2D eigenvalue weighted by Crippen LogP contribution is 2.38. The van der Waals surface area contributed by atoms with Crippen molar-refractivity contribution in [2.45, 2.75) is 31.8 Å². The number of ketones is 1. The predicted molar refractivity (Wildman–Crippen MR) is 78.8 cm³/mol. The summed E-state index contributed by atoms with van der Waals surface area (Å²) in [5.74, 6) is 0.976. The van der Waals surface area contributed by atoms with Crippen molar-refractivity contribution in [2.75, 3.05) is 21.3 Å². The van der Waals surface area contributed by atoms with E-state index in [0.29, 0.717) is 48.5 Å². The van der Waals surface area contributed by atoms with Crippen LogP contribution in [0.3, 0.4) is 0 Å². The van der Waals surface area contributed by atoms with Gasteiger partial charge in [-0.2, -0.15) is 0 Å². The van der Waals surface area contributed by atoms with Gasteiger partial charge >= 0.3 is 5.97 Å². The number of hydrogen-bond acceptors (Lipinski definition) is 6. The van der Waals surface area contributed by atoms with Gasteiger partial charge in [-0.15, -0.1) is 0 Å². The van der Waals surface area contributed by atoms with Gasteiger partial charge in [0.1, 0.15) is 11.9 Å². The van der Waals surface area contributed by atoms with Gasteiger partial charge in [0.15, 0.2) is 11.5 Å². The first-order valence-corrected chi connectivity index (χ1v) is 7.11. The molecule has 0 radical (unpaired) electrons. The Morgan fingerprint density at radius 2 is 1.55 bits per heavy atom. The van der Waals surface area contributed by atoms with Crippen molar-refractivity contribution in [3.63, 3.8) is 0 Å². The largest absolute Gasteiger partial charge is 0.493 e. The Morgan fingerprint density at radius 3 is 2.00 bits per heavy atom. The number of benzene rings is 1. The molecule has 1 saturated carbocycles. The first-order chi connectivity index (χ1) is 10.6. The van der Waals surface area contributed by atoms with E-state index < -0.39 is 5.97 Å². The minimum Gasteiger partial charge on any atom is -0.493 e. The summed E-state index contributed by atoms with van der Waals surface area (Å²) in [4.78, 5) is 23.5. The van der Waals surface area contributed by atoms with E-state index in [1.54, 1.807) is 12.1 Å². The molecule has 2 rings (SSSR count). The zero-order chi connectivity index (χ0) is 16.1. The lowest BCUT2D eigenvalue weighted by molar-refractivity contribution is -0.122. The molecule has 6 nitrogen and oxygen atoms in total. The Bertz CT molecular complexity index is 531. The molecule has 22 heavy (non-hydrogen) atoms. The van der Waals surface area contributed by atoms with Gasteiger partial charge in [0.2, 0.25) is 5.75 Å². The number of carbonyl (C=O) groups excluding carboxylic acids is 2. The normalized spacial score (nSPS) is 15.3. The molecular weight excluding hydrogens is 288 g/mol. The van der Waals surface area contributed by atoms with Gasteiger partial charge in [-0.05, 0) is 25.0 Å². The van der Waals surface area contributed by atoms with E-state index in [-0.39, 0.29) is 11.9 Å². The van der Waals surface area contributed by atoms with Gasteiger partial charge in [0.25, 0.3) is 0 Å². The zero-order valence-electron chi connectivity index (χ0n) is 13.0. The number of carbonyl (C=O) groups is 2. The Balaban J connectivity index is 2.17. The van der Waals surface area contributed by atoms with E-state index in [2.05, 4.69) is 0 Å². The molecule has 0 aromatic heterocycles. The van der Waals surface area contributed by atoms with Gasteiger partial charge in [-0.3, -0.25) is 4.79 Å².